The van der Waals surface area contributed by atoms with Crippen LogP contribution in [-0.2, 0) is 24.2 Å². The van der Waals surface area contributed by atoms with Crippen molar-refractivity contribution in [2.75, 3.05) is 19.6 Å². The van der Waals surface area contributed by atoms with Gasteiger partial charge < -0.3 is 35.2 Å². The van der Waals surface area contributed by atoms with Crippen LogP contribution in [0.25, 0.3) is 0 Å². The lowest BCUT2D eigenvalue weighted by atomic mass is 10.0. The summed E-state index contributed by atoms with van der Waals surface area (Å²) in [7, 11) is -5.39. The molecule has 0 atom stereocenters. The third-order valence-corrected chi connectivity index (χ3v) is 16.5. The molecular formula is C75H138N3O4P. The first-order valence-electron chi connectivity index (χ1n) is 36.1. The molecule has 3 rings (SSSR count). The second-order valence-corrected chi connectivity index (χ2v) is 25.6. The lowest BCUT2D eigenvalue weighted by Gasteiger charge is -2.36. The Hall–Kier alpha value is -2.35. The molecule has 3 aromatic rings. The van der Waals surface area contributed by atoms with Crippen molar-refractivity contribution in [2.45, 2.75) is 349 Å². The number of quaternary nitrogens is 3. The fraction of sp³-hybridized carbons (Fsp3) is 0.760. The van der Waals surface area contributed by atoms with Crippen LogP contribution in [0.5, 0.6) is 0 Å². The number of phosphoric acid groups is 1. The minimum atomic E-state index is -5.39. The van der Waals surface area contributed by atoms with Gasteiger partial charge in [-0.25, -0.2) is 0 Å². The Morgan fingerprint density at radius 1 is 0.241 bits per heavy atom. The Morgan fingerprint density at radius 2 is 0.373 bits per heavy atom. The van der Waals surface area contributed by atoms with E-state index in [-0.39, 0.29) is 0 Å². The molecule has 0 amide bonds. The van der Waals surface area contributed by atoms with E-state index in [4.69, 9.17) is 19.2 Å². The van der Waals surface area contributed by atoms with Crippen LogP contribution in [0.3, 0.4) is 0 Å². The largest absolute Gasteiger partial charge is 0.822 e. The van der Waals surface area contributed by atoms with Gasteiger partial charge in [0.2, 0.25) is 0 Å². The molecule has 0 aliphatic rings. The zero-order valence-electron chi connectivity index (χ0n) is 55.2. The predicted octanol–water partition coefficient (Wildman–Crippen LogP) is 18.2. The summed E-state index contributed by atoms with van der Waals surface area (Å²) in [5.74, 6) is 0. The number of benzene rings is 3. The van der Waals surface area contributed by atoms with Crippen molar-refractivity contribution in [2.24, 2.45) is 0 Å². The maximum absolute atomic E-state index is 8.55. The molecule has 0 heterocycles. The van der Waals surface area contributed by atoms with E-state index in [1.807, 2.05) is 0 Å². The minimum absolute atomic E-state index is 1.14. The van der Waals surface area contributed by atoms with Gasteiger partial charge in [0.1, 0.15) is 19.6 Å². The highest BCUT2D eigenvalue weighted by atomic mass is 31.2. The summed E-state index contributed by atoms with van der Waals surface area (Å²) in [6.07, 6.45) is 69.7. The number of hydrogen-bond donors (Lipinski definition) is 3. The van der Waals surface area contributed by atoms with Crippen LogP contribution >= 0.6 is 7.82 Å². The number of rotatable bonds is 57. The van der Waals surface area contributed by atoms with Gasteiger partial charge in [-0.3, -0.25) is 0 Å². The molecule has 7 nitrogen and oxygen atoms in total. The Bertz CT molecular complexity index is 1480. The van der Waals surface area contributed by atoms with Gasteiger partial charge in [-0.1, -0.05) is 381 Å². The Morgan fingerprint density at radius 3 is 0.518 bits per heavy atom. The van der Waals surface area contributed by atoms with E-state index in [1.165, 1.54) is 345 Å². The van der Waals surface area contributed by atoms with Crippen LogP contribution in [0.1, 0.15) is 346 Å². The summed E-state index contributed by atoms with van der Waals surface area (Å²) in [4.78, 5) is 25.6. The summed E-state index contributed by atoms with van der Waals surface area (Å²) < 4.78 is 8.55. The van der Waals surface area contributed by atoms with Gasteiger partial charge in [-0.15, -0.1) is 0 Å². The van der Waals surface area contributed by atoms with E-state index in [0.29, 0.717) is 0 Å². The zero-order chi connectivity index (χ0) is 60.1. The second kappa shape index (κ2) is 68.8. The molecule has 0 aliphatic carbocycles. The normalized spacial score (nSPS) is 11.2. The average Bonchev–Trinajstić information content (AvgIpc) is 3.49. The van der Waals surface area contributed by atoms with Gasteiger partial charge in [0.05, 0.1) is 19.6 Å². The third kappa shape index (κ3) is 72.0. The summed E-state index contributed by atoms with van der Waals surface area (Å²) in [5, 5.41) is 7.37. The fourth-order valence-corrected chi connectivity index (χ4v) is 11.2. The summed E-state index contributed by atoms with van der Waals surface area (Å²) in [5.41, 5.74) is 4.34. The molecule has 6 N–H and O–H groups in total. The summed E-state index contributed by atoms with van der Waals surface area (Å²) >= 11 is 0. The van der Waals surface area contributed by atoms with Crippen molar-refractivity contribution in [3.63, 3.8) is 0 Å². The van der Waals surface area contributed by atoms with Crippen molar-refractivity contribution >= 4 is 7.82 Å². The lowest BCUT2D eigenvalue weighted by Crippen LogP contribution is -2.82. The van der Waals surface area contributed by atoms with Crippen molar-refractivity contribution < 1.29 is 35.2 Å². The van der Waals surface area contributed by atoms with Gasteiger partial charge in [0.15, 0.2) is 0 Å². The second-order valence-electron chi connectivity index (χ2n) is 24.7. The quantitative estimate of drug-likeness (QED) is 0.0383. The highest BCUT2D eigenvalue weighted by molar-refractivity contribution is 7.40. The van der Waals surface area contributed by atoms with E-state index < -0.39 is 7.82 Å². The fourth-order valence-electron chi connectivity index (χ4n) is 11.2. The topological polar surface area (TPSA) is 136 Å². The van der Waals surface area contributed by atoms with Gasteiger partial charge in [-0.05, 0) is 38.5 Å². The maximum atomic E-state index is 8.55. The third-order valence-electron chi connectivity index (χ3n) is 16.5. The van der Waals surface area contributed by atoms with E-state index in [0.717, 1.165) is 19.6 Å². The van der Waals surface area contributed by atoms with Crippen molar-refractivity contribution in [3.8, 4) is 0 Å². The van der Waals surface area contributed by atoms with Crippen LogP contribution in [0, 0.1) is 0 Å². The Labute approximate surface area is 516 Å². The molecule has 0 saturated carbocycles. The molecule has 0 radical (unpaired) electrons. The van der Waals surface area contributed by atoms with Gasteiger partial charge >= 0.3 is 0 Å². The first-order valence-corrected chi connectivity index (χ1v) is 37.6. The molecular weight excluding hydrogens is 1040 g/mol. The number of nitrogens with two attached hydrogens (primary N) is 3. The monoisotopic (exact) mass is 1180 g/mol. The summed E-state index contributed by atoms with van der Waals surface area (Å²) in [6, 6.07) is 32.5. The van der Waals surface area contributed by atoms with E-state index in [9.17, 15) is 0 Å². The highest BCUT2D eigenvalue weighted by Gasteiger charge is 2.01. The van der Waals surface area contributed by atoms with Crippen LogP contribution in [0.15, 0.2) is 91.0 Å². The molecule has 0 spiro atoms. The highest BCUT2D eigenvalue weighted by Crippen LogP contribution is 2.17. The first-order chi connectivity index (χ1) is 40.8. The van der Waals surface area contributed by atoms with Crippen molar-refractivity contribution in [1.82, 2.24) is 0 Å². The predicted molar refractivity (Wildman–Crippen MR) is 357 cm³/mol. The van der Waals surface area contributed by atoms with Gasteiger partial charge in [-0.2, -0.15) is 7.82 Å². The van der Waals surface area contributed by atoms with Crippen LogP contribution < -0.4 is 30.6 Å². The van der Waals surface area contributed by atoms with Gasteiger partial charge in [0, 0.05) is 16.7 Å². The molecule has 0 saturated heterocycles. The van der Waals surface area contributed by atoms with E-state index >= 15 is 0 Å². The van der Waals surface area contributed by atoms with E-state index in [1.54, 1.807) is 0 Å². The first kappa shape index (κ1) is 80.6. The minimum Gasteiger partial charge on any atom is -0.822 e. The van der Waals surface area contributed by atoms with Crippen LogP contribution in [-0.4, -0.2) is 19.6 Å². The molecule has 0 aliphatic heterocycles. The van der Waals surface area contributed by atoms with Crippen molar-refractivity contribution in [1.29, 1.82) is 0 Å². The molecule has 0 unspecified atom stereocenters. The van der Waals surface area contributed by atoms with Crippen LogP contribution in [0.4, 0.5) is 0 Å². The zero-order valence-corrected chi connectivity index (χ0v) is 56.1. The number of hydrogen-bond acceptors (Lipinski definition) is 4. The molecule has 83 heavy (non-hydrogen) atoms. The molecule has 3 aromatic carbocycles. The average molecular weight is 1180 g/mol. The summed E-state index contributed by atoms with van der Waals surface area (Å²) in [6.45, 7) is 14.2. The van der Waals surface area contributed by atoms with Crippen molar-refractivity contribution in [3.05, 3.63) is 108 Å². The maximum Gasteiger partial charge on any atom is 0.101 e. The smallest absolute Gasteiger partial charge is 0.101 e. The van der Waals surface area contributed by atoms with Crippen LogP contribution in [0.2, 0.25) is 0 Å². The molecule has 0 fully saturated rings. The number of unbranched alkanes of at least 4 members (excludes halogenated alkanes) is 45. The molecule has 0 aromatic heterocycles. The molecule has 8 heteroatoms. The lowest BCUT2D eigenvalue weighted by molar-refractivity contribution is -0.671. The molecule has 482 valence electrons. The standard InChI is InChI=1S/3C25H45N.H3O4P/c3*1-2-3-4-5-6-7-8-9-10-11-12-13-14-15-16-20-23-26-24-25-21-18-17-19-22-25;1-5(2,3)4/h3*17-19,21-22,26H,2-16,20,23-24H2,1H3;(H3,1,2,3,4). The van der Waals surface area contributed by atoms with E-state index in [2.05, 4.69) is 128 Å². The Balaban J connectivity index is 0.00000116. The molecule has 0 bridgehead atoms. The Kier molecular flexibility index (Phi) is 66.8. The SMILES string of the molecule is CCCCCCCCCCCCCCCCCC[NH2+]Cc1ccccc1.CCCCCCCCCCCCCCCCCC[NH2+]Cc1ccccc1.CCCCCCCCCCCCCCCCCC[NH2+]Cc1ccccc1.O=P([O-])([O-])[O-]. The van der Waals surface area contributed by atoms with Gasteiger partial charge in [0.25, 0.3) is 0 Å².